The van der Waals surface area contributed by atoms with Crippen molar-refractivity contribution in [3.8, 4) is 0 Å². The first-order valence-electron chi connectivity index (χ1n) is 17.5. The number of hydrogen-bond donors (Lipinski definition) is 7. The van der Waals surface area contributed by atoms with Crippen molar-refractivity contribution in [3.05, 3.63) is 45.8 Å². The number of aliphatic hydroxyl groups excluding tert-OH is 1. The van der Waals surface area contributed by atoms with Gasteiger partial charge in [-0.1, -0.05) is 5.11 Å². The molecule has 2 aliphatic heterocycles. The van der Waals surface area contributed by atoms with Crippen molar-refractivity contribution in [1.82, 2.24) is 34.4 Å². The van der Waals surface area contributed by atoms with Gasteiger partial charge in [0.15, 0.2) is 23.8 Å². The van der Waals surface area contributed by atoms with Crippen LogP contribution in [0.2, 0.25) is 0 Å². The summed E-state index contributed by atoms with van der Waals surface area (Å²) in [5, 5.41) is 17.4. The summed E-state index contributed by atoms with van der Waals surface area (Å²) in [5.41, 5.74) is 18.5. The van der Waals surface area contributed by atoms with Gasteiger partial charge in [-0.2, -0.15) is 4.98 Å². The Hall–Kier alpha value is -4.82. The fraction of sp³-hybridized carbons (Fsp3) is 0.621. The minimum absolute atomic E-state index is 0.0144. The summed E-state index contributed by atoms with van der Waals surface area (Å²) in [6.07, 6.45) is -8.52. The molecule has 9 atom stereocenters. The van der Waals surface area contributed by atoms with Crippen molar-refractivity contribution in [1.29, 1.82) is 0 Å². The van der Waals surface area contributed by atoms with Crippen LogP contribution in [0, 0.1) is 0 Å². The van der Waals surface area contributed by atoms with Crippen molar-refractivity contribution < 1.29 is 71.0 Å². The molecule has 0 radical (unpaired) electrons. The van der Waals surface area contributed by atoms with E-state index in [2.05, 4.69) is 39.8 Å². The molecule has 2 saturated heterocycles. The molecule has 30 heteroatoms. The van der Waals surface area contributed by atoms with E-state index in [1.807, 2.05) is 0 Å². The van der Waals surface area contributed by atoms with E-state index < -0.39 is 101 Å². The number of imidazole rings is 1. The highest BCUT2D eigenvalue weighted by Crippen LogP contribution is 2.50. The summed E-state index contributed by atoms with van der Waals surface area (Å²) in [5.74, 6) is -1.25. The molecule has 1 amide bonds. The van der Waals surface area contributed by atoms with Gasteiger partial charge in [-0.3, -0.25) is 22.7 Å². The van der Waals surface area contributed by atoms with Crippen molar-refractivity contribution in [2.45, 2.75) is 94.7 Å². The number of esters is 1. The Morgan fingerprint density at radius 3 is 2.53 bits per heavy atom. The van der Waals surface area contributed by atoms with E-state index in [4.69, 9.17) is 45.0 Å². The Kier molecular flexibility index (Phi) is 14.3. The third-order valence-electron chi connectivity index (χ3n) is 8.43. The smallest absolute Gasteiger partial charge is 0.455 e. The third kappa shape index (κ3) is 12.1. The van der Waals surface area contributed by atoms with E-state index in [1.165, 1.54) is 23.2 Å². The lowest BCUT2D eigenvalue weighted by molar-refractivity contribution is -0.159. The number of nitrogens with one attached hydrogen (secondary N) is 1. The van der Waals surface area contributed by atoms with E-state index >= 15 is 0 Å². The molecule has 0 aliphatic carbocycles. The fourth-order valence-corrected chi connectivity index (χ4v) is 7.23. The standard InChI is InChI=1S/C29H42N12O16P2/c1-29(2,3)56-28(45)37-14(5-4-7-36-39-32)26(43)55-22-17(54-25(21(22)42)41-13-35-20-23(31)33-12-34-24(20)41)11-52-59(49,50)57-15-9-19(40-8-6-18(30)38-27(40)44)53-16(15)10-51-58(46,47)48/h6,8,12-17,19,21-22,25,42H,4-5,7,9-11H2,1-3H3,(H,37,45)(H,49,50)(H2,30,38,44)(H2,31,33,34)(H2,46,47,48)/t14-,15+,16-,17?,19-,21?,22?,25?/m1/s1. The molecule has 3 aromatic heterocycles. The average molecular weight is 877 g/mol. The number of amides is 1. The minimum atomic E-state index is -5.24. The van der Waals surface area contributed by atoms with Gasteiger partial charge < -0.3 is 55.5 Å². The number of ether oxygens (including phenoxy) is 4. The maximum Gasteiger partial charge on any atom is 0.472 e. The highest BCUT2D eigenvalue weighted by atomic mass is 31.2. The van der Waals surface area contributed by atoms with Gasteiger partial charge >= 0.3 is 33.4 Å². The van der Waals surface area contributed by atoms with E-state index in [-0.39, 0.29) is 48.6 Å². The first kappa shape index (κ1) is 45.3. The Morgan fingerprint density at radius 2 is 1.85 bits per heavy atom. The third-order valence-corrected chi connectivity index (χ3v) is 9.93. The van der Waals surface area contributed by atoms with Crippen LogP contribution < -0.4 is 22.5 Å². The van der Waals surface area contributed by atoms with Gasteiger partial charge in [-0.25, -0.2) is 38.5 Å². The normalized spacial score (nSPS) is 24.9. The van der Waals surface area contributed by atoms with Crippen LogP contribution in [-0.4, -0.2) is 123 Å². The number of azide groups is 1. The number of nitrogen functional groups attached to an aromatic ring is 2. The van der Waals surface area contributed by atoms with Crippen LogP contribution in [0.1, 0.15) is 52.5 Å². The number of anilines is 2. The Bertz CT molecular complexity index is 2190. The highest BCUT2D eigenvalue weighted by Gasteiger charge is 2.50. The Labute approximate surface area is 332 Å². The van der Waals surface area contributed by atoms with Gasteiger partial charge in [0.1, 0.15) is 59.9 Å². The van der Waals surface area contributed by atoms with Gasteiger partial charge in [0.2, 0.25) is 0 Å². The van der Waals surface area contributed by atoms with Gasteiger partial charge in [0.25, 0.3) is 0 Å². The number of phosphoric acid groups is 2. The first-order valence-corrected chi connectivity index (χ1v) is 20.5. The molecule has 28 nitrogen and oxygen atoms in total. The molecule has 5 heterocycles. The summed E-state index contributed by atoms with van der Waals surface area (Å²) < 4.78 is 64.9. The van der Waals surface area contributed by atoms with Crippen LogP contribution in [0.15, 0.2) is 34.8 Å². The Morgan fingerprint density at radius 1 is 1.12 bits per heavy atom. The van der Waals surface area contributed by atoms with Crippen molar-refractivity contribution >= 4 is 50.5 Å². The molecular weight excluding hydrogens is 834 g/mol. The highest BCUT2D eigenvalue weighted by molar-refractivity contribution is 7.47. The fourth-order valence-electron chi connectivity index (χ4n) is 5.93. The maximum absolute atomic E-state index is 13.7. The molecule has 2 fully saturated rings. The predicted molar refractivity (Wildman–Crippen MR) is 196 cm³/mol. The van der Waals surface area contributed by atoms with E-state index in [0.29, 0.717) is 0 Å². The quantitative estimate of drug-likeness (QED) is 0.0239. The van der Waals surface area contributed by atoms with Crippen LogP contribution in [0.4, 0.5) is 16.4 Å². The zero-order valence-electron chi connectivity index (χ0n) is 31.4. The number of alkyl carbamates (subject to hydrolysis) is 1. The van der Waals surface area contributed by atoms with Gasteiger partial charge in [0, 0.05) is 24.1 Å². The average Bonchev–Trinajstić information content (AvgIpc) is 3.82. The lowest BCUT2D eigenvalue weighted by Crippen LogP contribution is -2.47. The van der Waals surface area contributed by atoms with Gasteiger partial charge in [0.05, 0.1) is 19.5 Å². The summed E-state index contributed by atoms with van der Waals surface area (Å²) in [6.45, 7) is 2.93. The van der Waals surface area contributed by atoms with Gasteiger partial charge in [-0.15, -0.1) is 0 Å². The molecule has 0 bridgehead atoms. The topological polar surface area (TPSA) is 405 Å². The minimum Gasteiger partial charge on any atom is -0.455 e. The molecule has 2 aliphatic rings. The van der Waals surface area contributed by atoms with E-state index in [0.717, 1.165) is 10.9 Å². The van der Waals surface area contributed by atoms with E-state index in [9.17, 15) is 43.3 Å². The number of nitrogens with zero attached hydrogens (tertiary/aromatic N) is 9. The number of carbonyl (C=O) groups is 2. The number of hydrogen-bond acceptors (Lipinski definition) is 20. The molecular formula is C29H42N12O16P2. The number of aromatic nitrogens is 6. The molecule has 324 valence electrons. The second-order valence-corrected chi connectivity index (χ2v) is 16.6. The van der Waals surface area contributed by atoms with E-state index in [1.54, 1.807) is 20.8 Å². The summed E-state index contributed by atoms with van der Waals surface area (Å²) in [7, 11) is -10.3. The largest absolute Gasteiger partial charge is 0.472 e. The van der Waals surface area contributed by atoms with Gasteiger partial charge in [-0.05, 0) is 45.2 Å². The lowest BCUT2D eigenvalue weighted by atomic mass is 10.1. The van der Waals surface area contributed by atoms with Crippen LogP contribution in [-0.2, 0) is 46.4 Å². The van der Waals surface area contributed by atoms with Crippen LogP contribution in [0.5, 0.6) is 0 Å². The number of aliphatic hydroxyl groups is 1. The first-order chi connectivity index (χ1) is 27.6. The molecule has 3 aromatic rings. The molecule has 0 aromatic carbocycles. The summed E-state index contributed by atoms with van der Waals surface area (Å²) in [4.78, 5) is 86.7. The van der Waals surface area contributed by atoms with Crippen molar-refractivity contribution in [2.75, 3.05) is 31.2 Å². The second-order valence-electron chi connectivity index (χ2n) is 13.9. The SMILES string of the molecule is CC(C)(C)OC(=O)N[C@H](CCCN=[N+]=[N-])C(=O)OC1C(COP(=O)(O)O[C@H]2C[C@H](n3ccc(N)nc3=O)O[C@@H]2COP(=O)(O)O)OC(n2cnc3c(N)ncnc32)C1O. The lowest BCUT2D eigenvalue weighted by Gasteiger charge is -2.26. The molecule has 0 saturated carbocycles. The van der Waals surface area contributed by atoms with Crippen molar-refractivity contribution in [2.24, 2.45) is 5.11 Å². The zero-order valence-corrected chi connectivity index (χ0v) is 33.2. The maximum atomic E-state index is 13.7. The molecule has 5 unspecified atom stereocenters. The monoisotopic (exact) mass is 876 g/mol. The predicted octanol–water partition coefficient (Wildman–Crippen LogP) is 0.301. The van der Waals surface area contributed by atoms with Crippen LogP contribution in [0.25, 0.3) is 21.6 Å². The zero-order chi connectivity index (χ0) is 43.3. The number of carbonyl (C=O) groups excluding carboxylic acids is 2. The molecule has 59 heavy (non-hydrogen) atoms. The molecule has 5 rings (SSSR count). The van der Waals surface area contributed by atoms with Crippen molar-refractivity contribution in [3.63, 3.8) is 0 Å². The van der Waals surface area contributed by atoms with Crippen LogP contribution >= 0.6 is 15.6 Å². The Balaban J connectivity index is 1.38. The summed E-state index contributed by atoms with van der Waals surface area (Å²) >= 11 is 0. The summed E-state index contributed by atoms with van der Waals surface area (Å²) in [6, 6.07) is -0.160. The number of fused-ring (bicyclic) bond motifs is 1. The van der Waals surface area contributed by atoms with Crippen LogP contribution in [0.3, 0.4) is 0 Å². The molecule has 9 N–H and O–H groups in total. The number of rotatable bonds is 17. The number of phosphoric ester groups is 2. The second kappa shape index (κ2) is 18.6. The molecule has 0 spiro atoms. The number of nitrogens with two attached hydrogens (primary N) is 2.